The van der Waals surface area contributed by atoms with Gasteiger partial charge in [-0.05, 0) is 0 Å². The quantitative estimate of drug-likeness (QED) is 0.363. The van der Waals surface area contributed by atoms with Crippen LogP contribution in [0.4, 0.5) is 0 Å². The van der Waals surface area contributed by atoms with Gasteiger partial charge in [-0.15, -0.1) is 21.1 Å². The average molecular weight is 224 g/mol. The van der Waals surface area contributed by atoms with E-state index in [0.717, 1.165) is 0 Å². The number of nitrogens with zero attached hydrogens (tertiary/aromatic N) is 1. The molecule has 1 aromatic rings. The minimum absolute atomic E-state index is 0. The Morgan fingerprint density at radius 3 is 2.09 bits per heavy atom. The molecule has 0 aliphatic heterocycles. The molecule has 0 amide bonds. The second-order valence-corrected chi connectivity index (χ2v) is 2.19. The zero-order valence-electron chi connectivity index (χ0n) is 6.84. The molecule has 0 aromatic carbocycles. The third-order valence-corrected chi connectivity index (χ3v) is 0.869. The van der Waals surface area contributed by atoms with Crippen LogP contribution < -0.4 is 51.4 Å². The van der Waals surface area contributed by atoms with Crippen molar-refractivity contribution in [2.75, 3.05) is 0 Å². The average Bonchev–Trinajstić information content (AvgIpc) is 2.11. The van der Waals surface area contributed by atoms with E-state index in [1.54, 1.807) is 23.0 Å². The Morgan fingerprint density at radius 2 is 2.00 bits per heavy atom. The molecular formula is C3H8KNO4PS+. The van der Waals surface area contributed by atoms with E-state index in [1.807, 2.05) is 5.38 Å². The molecule has 11 heavy (non-hydrogen) atoms. The minimum Gasteiger partial charge on any atom is -1.00 e. The largest absolute Gasteiger partial charge is 1.00 e. The van der Waals surface area contributed by atoms with Gasteiger partial charge in [0.15, 0.2) is 0 Å². The summed E-state index contributed by atoms with van der Waals surface area (Å²) in [5.41, 5.74) is 1.79. The van der Waals surface area contributed by atoms with Crippen LogP contribution in [0.5, 0.6) is 0 Å². The van der Waals surface area contributed by atoms with Crippen LogP contribution in [0.25, 0.3) is 0 Å². The van der Waals surface area contributed by atoms with Crippen LogP contribution in [0.15, 0.2) is 17.1 Å². The molecule has 0 fully saturated rings. The summed E-state index contributed by atoms with van der Waals surface area (Å²) in [7, 11) is -2.87. The molecule has 0 aliphatic carbocycles. The van der Waals surface area contributed by atoms with Crippen LogP contribution in [-0.2, 0) is 4.57 Å². The second kappa shape index (κ2) is 13.8. The van der Waals surface area contributed by atoms with Gasteiger partial charge in [-0.25, -0.2) is 0 Å². The van der Waals surface area contributed by atoms with Crippen molar-refractivity contribution in [3.05, 3.63) is 17.1 Å². The Kier molecular flexibility index (Phi) is 22.7. The number of hydrogen-bond acceptors (Lipinski definition) is 3. The van der Waals surface area contributed by atoms with Crippen molar-refractivity contribution in [1.29, 1.82) is 0 Å². The number of rotatable bonds is 0. The SMILES string of the molecule is O.O=[P+](O)O.[H-].[K+].c1cscn1. The van der Waals surface area contributed by atoms with E-state index in [1.165, 1.54) is 0 Å². The molecule has 0 unspecified atom stereocenters. The predicted molar refractivity (Wildman–Crippen MR) is 38.9 cm³/mol. The molecule has 0 spiro atoms. The van der Waals surface area contributed by atoms with Gasteiger partial charge in [0, 0.05) is 16.1 Å². The summed E-state index contributed by atoms with van der Waals surface area (Å²) in [6, 6.07) is 0. The smallest absolute Gasteiger partial charge is 1.00 e. The van der Waals surface area contributed by atoms with Crippen LogP contribution >= 0.6 is 19.6 Å². The first-order valence-corrected chi connectivity index (χ1v) is 4.01. The van der Waals surface area contributed by atoms with Gasteiger partial charge in [-0.1, -0.05) is 0 Å². The molecule has 4 N–H and O–H groups in total. The second-order valence-electron chi connectivity index (χ2n) is 0.928. The van der Waals surface area contributed by atoms with Gasteiger partial charge in [-0.3, -0.25) is 4.98 Å². The molecule has 8 heteroatoms. The fraction of sp³-hybridized carbons (Fsp3) is 0. The van der Waals surface area contributed by atoms with E-state index in [-0.39, 0.29) is 58.3 Å². The molecule has 1 rings (SSSR count). The zero-order valence-corrected chi connectivity index (χ0v) is 10.7. The van der Waals surface area contributed by atoms with Crippen LogP contribution in [0.3, 0.4) is 0 Å². The summed E-state index contributed by atoms with van der Waals surface area (Å²) < 4.78 is 8.70. The normalized spacial score (nSPS) is 6.00. The summed E-state index contributed by atoms with van der Waals surface area (Å²) in [5, 5.41) is 1.93. The van der Waals surface area contributed by atoms with Gasteiger partial charge in [0.05, 0.1) is 5.51 Å². The van der Waals surface area contributed by atoms with Crippen LogP contribution in [0.1, 0.15) is 1.43 Å². The third-order valence-electron chi connectivity index (χ3n) is 0.347. The van der Waals surface area contributed by atoms with Gasteiger partial charge >= 0.3 is 59.6 Å². The summed E-state index contributed by atoms with van der Waals surface area (Å²) in [6.07, 6.45) is 1.77. The van der Waals surface area contributed by atoms with Crippen molar-refractivity contribution in [1.82, 2.24) is 4.98 Å². The maximum absolute atomic E-state index is 8.70. The molecule has 0 bridgehead atoms. The van der Waals surface area contributed by atoms with Gasteiger partial charge in [0.1, 0.15) is 0 Å². The van der Waals surface area contributed by atoms with Crippen LogP contribution in [-0.4, -0.2) is 20.2 Å². The van der Waals surface area contributed by atoms with E-state index < -0.39 is 8.25 Å². The maximum Gasteiger partial charge on any atom is 1.00 e. The summed E-state index contributed by atoms with van der Waals surface area (Å²) in [4.78, 5) is 18.0. The molecule has 1 aromatic heterocycles. The van der Waals surface area contributed by atoms with Crippen molar-refractivity contribution in [3.8, 4) is 0 Å². The molecule has 0 radical (unpaired) electrons. The van der Waals surface area contributed by atoms with Crippen molar-refractivity contribution in [2.24, 2.45) is 0 Å². The molecule has 0 aliphatic rings. The van der Waals surface area contributed by atoms with Crippen LogP contribution in [0, 0.1) is 0 Å². The first-order chi connectivity index (χ1) is 4.23. The first-order valence-electron chi connectivity index (χ1n) is 1.90. The molecule has 0 saturated carbocycles. The first kappa shape index (κ1) is 18.1. The van der Waals surface area contributed by atoms with E-state index in [4.69, 9.17) is 14.4 Å². The fourth-order valence-electron chi connectivity index (χ4n) is 0.176. The van der Waals surface area contributed by atoms with Gasteiger partial charge in [0.2, 0.25) is 0 Å². The molecule has 0 saturated heterocycles. The molecule has 60 valence electrons. The Labute approximate surface area is 113 Å². The number of hydrogen-bond donors (Lipinski definition) is 2. The molecule has 1 heterocycles. The number of aromatic nitrogens is 1. The fourth-order valence-corrected chi connectivity index (χ4v) is 0.527. The Bertz CT molecular complexity index is 144. The Hall–Kier alpha value is 1.25. The van der Waals surface area contributed by atoms with Crippen molar-refractivity contribution in [2.45, 2.75) is 0 Å². The summed E-state index contributed by atoms with van der Waals surface area (Å²) in [6.45, 7) is 0. The van der Waals surface area contributed by atoms with Crippen molar-refractivity contribution < 1.29 is 72.6 Å². The Morgan fingerprint density at radius 1 is 1.55 bits per heavy atom. The summed E-state index contributed by atoms with van der Waals surface area (Å²) in [5.74, 6) is 0. The van der Waals surface area contributed by atoms with E-state index in [2.05, 4.69) is 4.98 Å². The summed E-state index contributed by atoms with van der Waals surface area (Å²) >= 11 is 1.60. The topological polar surface area (TPSA) is 102 Å². The third kappa shape index (κ3) is 24.6. The standard InChI is InChI=1S/C3H3NS.K.HO3P.H2O.H/c1-2-5-3-4-1;;1-4(2)3;;/h1-3H;;(H-,1,2,3);1H2;/q;+1;;;-1/p+1. The van der Waals surface area contributed by atoms with E-state index >= 15 is 0 Å². The van der Waals surface area contributed by atoms with E-state index in [9.17, 15) is 0 Å². The van der Waals surface area contributed by atoms with Gasteiger partial charge in [0.25, 0.3) is 0 Å². The predicted octanol–water partition coefficient (Wildman–Crippen LogP) is -2.94. The number of thiazole rings is 1. The molecule has 0 atom stereocenters. The minimum atomic E-state index is -2.87. The molecular weight excluding hydrogens is 216 g/mol. The van der Waals surface area contributed by atoms with Crippen molar-refractivity contribution >= 4 is 19.6 Å². The van der Waals surface area contributed by atoms with Crippen molar-refractivity contribution in [3.63, 3.8) is 0 Å². The van der Waals surface area contributed by atoms with Crippen LogP contribution in [0.2, 0.25) is 0 Å². The van der Waals surface area contributed by atoms with Gasteiger partial charge < -0.3 is 6.90 Å². The van der Waals surface area contributed by atoms with E-state index in [0.29, 0.717) is 0 Å². The Balaban J connectivity index is -0.0000000436. The maximum atomic E-state index is 8.70. The van der Waals surface area contributed by atoms with Gasteiger partial charge in [-0.2, -0.15) is 0 Å². The molecule has 5 nitrogen and oxygen atoms in total. The monoisotopic (exact) mass is 224 g/mol. The zero-order chi connectivity index (χ0) is 7.11.